The number of pyridine rings is 1. The zero-order chi connectivity index (χ0) is 23.5. The molecular weight excluding hydrogens is 472 g/mol. The van der Waals surface area contributed by atoms with E-state index in [2.05, 4.69) is 20.5 Å². The van der Waals surface area contributed by atoms with Gasteiger partial charge in [0.15, 0.2) is 0 Å². The van der Waals surface area contributed by atoms with Gasteiger partial charge in [0.1, 0.15) is 5.69 Å². The van der Waals surface area contributed by atoms with E-state index in [4.69, 9.17) is 11.6 Å². The molecule has 0 atom stereocenters. The molecule has 1 N–H and O–H groups in total. The predicted molar refractivity (Wildman–Crippen MR) is 134 cm³/mol. The second kappa shape index (κ2) is 9.82. The van der Waals surface area contributed by atoms with Crippen LogP contribution in [0.2, 0.25) is 4.34 Å². The fourth-order valence-corrected chi connectivity index (χ4v) is 5.04. The Kier molecular flexibility index (Phi) is 6.46. The molecule has 10 heteroatoms. The molecule has 0 unspecified atom stereocenters. The summed E-state index contributed by atoms with van der Waals surface area (Å²) in [4.78, 5) is 27.6. The maximum absolute atomic E-state index is 12.4. The first kappa shape index (κ1) is 22.4. The number of carbonyl (C=O) groups excluding carboxylic acids is 1. The van der Waals surface area contributed by atoms with Gasteiger partial charge >= 0.3 is 0 Å². The summed E-state index contributed by atoms with van der Waals surface area (Å²) in [7, 11) is 0. The molecule has 1 saturated heterocycles. The van der Waals surface area contributed by atoms with Crippen molar-refractivity contribution in [2.75, 3.05) is 18.0 Å². The van der Waals surface area contributed by atoms with Crippen LogP contribution in [0.3, 0.4) is 0 Å². The first-order valence-corrected chi connectivity index (χ1v) is 12.3. The molecule has 4 heterocycles. The molecule has 5 rings (SSSR count). The standard InChI is InChI=1S/C24H23ClN6O2S/c25-22-10-9-21(34-22)24(33)26-15-17-16-31(28-27-17)19-8-7-18(30-13-5-2-6-23(30)32)14-20(19)29-11-3-1-4-12-29/h2,5-10,13-14,16H,1,3-4,11-12,15H2,(H,26,33). The fourth-order valence-electron chi connectivity index (χ4n) is 4.08. The van der Waals surface area contributed by atoms with E-state index in [1.807, 2.05) is 30.5 Å². The number of piperidine rings is 1. The Balaban J connectivity index is 1.42. The third kappa shape index (κ3) is 4.76. The van der Waals surface area contributed by atoms with Gasteiger partial charge in [0, 0.05) is 25.4 Å². The van der Waals surface area contributed by atoms with Crippen LogP contribution in [0.4, 0.5) is 5.69 Å². The molecule has 0 saturated carbocycles. The van der Waals surface area contributed by atoms with Crippen molar-refractivity contribution in [2.45, 2.75) is 25.8 Å². The number of benzene rings is 1. The normalized spacial score (nSPS) is 13.7. The topological polar surface area (TPSA) is 85.0 Å². The Bertz CT molecular complexity index is 1370. The summed E-state index contributed by atoms with van der Waals surface area (Å²) in [6, 6.07) is 14.4. The summed E-state index contributed by atoms with van der Waals surface area (Å²) >= 11 is 7.15. The Morgan fingerprint density at radius 3 is 2.68 bits per heavy atom. The third-order valence-electron chi connectivity index (χ3n) is 5.77. The molecule has 1 amide bonds. The number of amides is 1. The van der Waals surface area contributed by atoms with E-state index >= 15 is 0 Å². The van der Waals surface area contributed by atoms with E-state index in [-0.39, 0.29) is 18.0 Å². The van der Waals surface area contributed by atoms with Gasteiger partial charge in [-0.1, -0.05) is 22.9 Å². The molecule has 0 aliphatic carbocycles. The van der Waals surface area contributed by atoms with Crippen molar-refractivity contribution < 1.29 is 4.79 Å². The van der Waals surface area contributed by atoms with Crippen LogP contribution in [0, 0.1) is 0 Å². The molecule has 1 aromatic carbocycles. The van der Waals surface area contributed by atoms with E-state index in [9.17, 15) is 9.59 Å². The summed E-state index contributed by atoms with van der Waals surface area (Å²) in [6.07, 6.45) is 7.05. The van der Waals surface area contributed by atoms with Crippen molar-refractivity contribution in [1.82, 2.24) is 24.9 Å². The van der Waals surface area contributed by atoms with Crippen LogP contribution in [0.1, 0.15) is 34.6 Å². The van der Waals surface area contributed by atoms with Gasteiger partial charge in [-0.3, -0.25) is 14.2 Å². The second-order valence-electron chi connectivity index (χ2n) is 8.07. The fraction of sp³-hybridized carbons (Fsp3) is 0.250. The minimum atomic E-state index is -0.196. The Hall–Kier alpha value is -3.43. The molecule has 0 bridgehead atoms. The van der Waals surface area contributed by atoms with Crippen LogP contribution in [-0.2, 0) is 6.54 Å². The molecule has 1 aliphatic heterocycles. The molecule has 1 fully saturated rings. The molecule has 4 aromatic rings. The lowest BCUT2D eigenvalue weighted by Gasteiger charge is -2.30. The lowest BCUT2D eigenvalue weighted by molar-refractivity contribution is 0.0954. The van der Waals surface area contributed by atoms with Crippen molar-refractivity contribution >= 4 is 34.5 Å². The molecule has 1 aliphatic rings. The van der Waals surface area contributed by atoms with Crippen LogP contribution in [0.5, 0.6) is 0 Å². The minimum Gasteiger partial charge on any atom is -0.370 e. The number of thiophene rings is 1. The lowest BCUT2D eigenvalue weighted by atomic mass is 10.1. The Labute approximate surface area is 205 Å². The molecule has 174 valence electrons. The van der Waals surface area contributed by atoms with Gasteiger partial charge in [0.05, 0.1) is 39.0 Å². The van der Waals surface area contributed by atoms with E-state index in [1.165, 1.54) is 17.8 Å². The predicted octanol–water partition coefficient (Wildman–Crippen LogP) is 4.05. The van der Waals surface area contributed by atoms with Crippen LogP contribution in [-0.4, -0.2) is 38.6 Å². The van der Waals surface area contributed by atoms with Crippen molar-refractivity contribution in [3.05, 3.63) is 86.2 Å². The van der Waals surface area contributed by atoms with E-state index < -0.39 is 0 Å². The highest BCUT2D eigenvalue weighted by atomic mass is 35.5. The SMILES string of the molecule is O=C(NCc1cn(-c2ccc(-n3ccccc3=O)cc2N2CCCCC2)nn1)c1ccc(Cl)s1. The summed E-state index contributed by atoms with van der Waals surface area (Å²) in [5.74, 6) is -0.196. The summed E-state index contributed by atoms with van der Waals surface area (Å²) in [5.41, 5.74) is 3.25. The Morgan fingerprint density at radius 2 is 1.91 bits per heavy atom. The summed E-state index contributed by atoms with van der Waals surface area (Å²) < 4.78 is 3.93. The second-order valence-corrected chi connectivity index (χ2v) is 9.79. The van der Waals surface area contributed by atoms with Gasteiger partial charge in [-0.25, -0.2) is 4.68 Å². The van der Waals surface area contributed by atoms with E-state index in [0.29, 0.717) is 14.9 Å². The van der Waals surface area contributed by atoms with Gasteiger partial charge in [-0.15, -0.1) is 16.4 Å². The van der Waals surface area contributed by atoms with Gasteiger partial charge in [-0.05, 0) is 55.7 Å². The maximum Gasteiger partial charge on any atom is 0.261 e. The highest BCUT2D eigenvalue weighted by Crippen LogP contribution is 2.29. The van der Waals surface area contributed by atoms with Crippen molar-refractivity contribution in [3.63, 3.8) is 0 Å². The summed E-state index contributed by atoms with van der Waals surface area (Å²) in [6.45, 7) is 2.15. The molecule has 34 heavy (non-hydrogen) atoms. The zero-order valence-electron chi connectivity index (χ0n) is 18.4. The molecule has 3 aromatic heterocycles. The quantitative estimate of drug-likeness (QED) is 0.437. The van der Waals surface area contributed by atoms with Gasteiger partial charge < -0.3 is 10.2 Å². The average Bonchev–Trinajstić information content (AvgIpc) is 3.52. The van der Waals surface area contributed by atoms with Crippen LogP contribution in [0.15, 0.2) is 65.7 Å². The number of halogens is 1. The van der Waals surface area contributed by atoms with Crippen LogP contribution < -0.4 is 15.8 Å². The van der Waals surface area contributed by atoms with Gasteiger partial charge in [-0.2, -0.15) is 0 Å². The van der Waals surface area contributed by atoms with Crippen molar-refractivity contribution in [3.8, 4) is 11.4 Å². The largest absolute Gasteiger partial charge is 0.370 e. The first-order valence-electron chi connectivity index (χ1n) is 11.1. The Morgan fingerprint density at radius 1 is 1.06 bits per heavy atom. The van der Waals surface area contributed by atoms with Crippen LogP contribution in [0.25, 0.3) is 11.4 Å². The highest BCUT2D eigenvalue weighted by Gasteiger charge is 2.18. The number of nitrogens with one attached hydrogen (secondary N) is 1. The smallest absolute Gasteiger partial charge is 0.261 e. The number of aromatic nitrogens is 4. The number of hydrogen-bond donors (Lipinski definition) is 1. The molecule has 0 radical (unpaired) electrons. The van der Waals surface area contributed by atoms with Crippen molar-refractivity contribution in [2.24, 2.45) is 0 Å². The highest BCUT2D eigenvalue weighted by molar-refractivity contribution is 7.17. The van der Waals surface area contributed by atoms with Gasteiger partial charge in [0.25, 0.3) is 11.5 Å². The number of rotatable bonds is 6. The molecule has 8 nitrogen and oxygen atoms in total. The monoisotopic (exact) mass is 494 g/mol. The first-order chi connectivity index (χ1) is 16.6. The number of carbonyl (C=O) groups is 1. The number of anilines is 1. The van der Waals surface area contributed by atoms with E-state index in [0.717, 1.165) is 43.0 Å². The third-order valence-corrected chi connectivity index (χ3v) is 7.00. The van der Waals surface area contributed by atoms with Crippen LogP contribution >= 0.6 is 22.9 Å². The molecule has 0 spiro atoms. The molecular formula is C24H23ClN6O2S. The van der Waals surface area contributed by atoms with Gasteiger partial charge in [0.2, 0.25) is 0 Å². The number of nitrogens with zero attached hydrogens (tertiary/aromatic N) is 5. The van der Waals surface area contributed by atoms with Crippen molar-refractivity contribution in [1.29, 1.82) is 0 Å². The minimum absolute atomic E-state index is 0.0781. The average molecular weight is 495 g/mol. The summed E-state index contributed by atoms with van der Waals surface area (Å²) in [5, 5.41) is 11.4. The number of hydrogen-bond acceptors (Lipinski definition) is 6. The maximum atomic E-state index is 12.4. The van der Waals surface area contributed by atoms with E-state index in [1.54, 1.807) is 39.7 Å². The zero-order valence-corrected chi connectivity index (χ0v) is 19.9. The lowest BCUT2D eigenvalue weighted by Crippen LogP contribution is -2.30.